The summed E-state index contributed by atoms with van der Waals surface area (Å²) < 4.78 is 47.5. The smallest absolute Gasteiger partial charge is 0.416 e. The van der Waals surface area contributed by atoms with Gasteiger partial charge in [-0.2, -0.15) is 13.2 Å². The average Bonchev–Trinajstić information content (AvgIpc) is 2.69. The first-order valence-corrected chi connectivity index (χ1v) is 9.19. The zero-order valence-corrected chi connectivity index (χ0v) is 16.8. The van der Waals surface area contributed by atoms with E-state index < -0.39 is 60.0 Å². The molecule has 1 rings (SSSR count). The molecule has 0 aliphatic carbocycles. The number of hydrogen-bond acceptors (Lipinski definition) is 7. The van der Waals surface area contributed by atoms with Gasteiger partial charge < -0.3 is 25.6 Å². The number of benzene rings is 1. The molecule has 0 heterocycles. The number of primary amides is 1. The van der Waals surface area contributed by atoms with Crippen molar-refractivity contribution in [3.63, 3.8) is 0 Å². The maximum atomic E-state index is 12.7. The molecule has 0 aromatic heterocycles. The molecular weight excluding hydrogens is 425 g/mol. The zero-order chi connectivity index (χ0) is 23.8. The van der Waals surface area contributed by atoms with Crippen LogP contribution in [0.15, 0.2) is 24.3 Å². The normalized spacial score (nSPS) is 14.1. The predicted molar refractivity (Wildman–Crippen MR) is 98.9 cm³/mol. The summed E-state index contributed by atoms with van der Waals surface area (Å²) in [7, 11) is 0. The summed E-state index contributed by atoms with van der Waals surface area (Å²) in [4.78, 5) is 48.3. The van der Waals surface area contributed by atoms with Crippen LogP contribution in [-0.2, 0) is 34.8 Å². The lowest BCUT2D eigenvalue weighted by Crippen LogP contribution is -2.53. The Morgan fingerprint density at radius 2 is 1.61 bits per heavy atom. The van der Waals surface area contributed by atoms with E-state index >= 15 is 0 Å². The highest BCUT2D eigenvalue weighted by Crippen LogP contribution is 2.30. The van der Waals surface area contributed by atoms with Crippen molar-refractivity contribution in [2.45, 2.75) is 38.6 Å². The fourth-order valence-electron chi connectivity index (χ4n) is 2.59. The fraction of sp³-hybridized carbons (Fsp3) is 0.474. The van der Waals surface area contributed by atoms with E-state index in [4.69, 9.17) is 15.2 Å². The SMILES string of the molecule is CCOC(=O)C[C@@H](C(=O)OCC)[C@H](NC(=O)[C@@H](O)c1ccc(C(F)(F)F)cc1)C(N)=O. The number of aliphatic hydroxyl groups is 1. The molecule has 0 bridgehead atoms. The second kappa shape index (κ2) is 11.3. The number of halogens is 3. The van der Waals surface area contributed by atoms with E-state index in [2.05, 4.69) is 5.32 Å². The van der Waals surface area contributed by atoms with Crippen LogP contribution in [0.1, 0.15) is 37.5 Å². The largest absolute Gasteiger partial charge is 0.466 e. The summed E-state index contributed by atoms with van der Waals surface area (Å²) in [6.07, 6.45) is -7.23. The Balaban J connectivity index is 3.06. The summed E-state index contributed by atoms with van der Waals surface area (Å²) >= 11 is 0. The highest BCUT2D eigenvalue weighted by atomic mass is 19.4. The van der Waals surface area contributed by atoms with Gasteiger partial charge in [-0.25, -0.2) is 0 Å². The summed E-state index contributed by atoms with van der Waals surface area (Å²) in [5, 5.41) is 12.2. The topological polar surface area (TPSA) is 145 Å². The van der Waals surface area contributed by atoms with Crippen LogP contribution in [-0.4, -0.2) is 48.1 Å². The van der Waals surface area contributed by atoms with Gasteiger partial charge in [-0.05, 0) is 31.5 Å². The summed E-state index contributed by atoms with van der Waals surface area (Å²) in [5.41, 5.74) is 4.06. The van der Waals surface area contributed by atoms with E-state index in [1.165, 1.54) is 13.8 Å². The minimum atomic E-state index is -4.61. The third-order valence-corrected chi connectivity index (χ3v) is 4.09. The standard InChI is InChI=1S/C19H23F3N2O7/c1-3-30-13(25)9-12(18(29)31-4-2)14(16(23)27)24-17(28)15(26)10-5-7-11(8-6-10)19(20,21)22/h5-8,12,14-15,26H,3-4,9H2,1-2H3,(H2,23,27)(H,24,28)/t12-,14+,15+/m1/s1. The van der Waals surface area contributed by atoms with Crippen molar-refractivity contribution in [3.05, 3.63) is 35.4 Å². The second-order valence-corrected chi connectivity index (χ2v) is 6.28. The van der Waals surface area contributed by atoms with Gasteiger partial charge in [0.2, 0.25) is 5.91 Å². The summed E-state index contributed by atoms with van der Waals surface area (Å²) in [6, 6.07) is 1.35. The minimum absolute atomic E-state index is 0.00535. The Labute approximate surface area is 175 Å². The lowest BCUT2D eigenvalue weighted by molar-refractivity contribution is -0.157. The molecule has 0 unspecified atom stereocenters. The van der Waals surface area contributed by atoms with Crippen LogP contribution in [0.2, 0.25) is 0 Å². The van der Waals surface area contributed by atoms with Crippen molar-refractivity contribution in [2.24, 2.45) is 11.7 Å². The van der Waals surface area contributed by atoms with E-state index in [0.29, 0.717) is 12.1 Å². The van der Waals surface area contributed by atoms with Gasteiger partial charge in [-0.15, -0.1) is 0 Å². The Morgan fingerprint density at radius 1 is 1.06 bits per heavy atom. The zero-order valence-electron chi connectivity index (χ0n) is 16.8. The van der Waals surface area contributed by atoms with E-state index in [-0.39, 0.29) is 18.8 Å². The third-order valence-electron chi connectivity index (χ3n) is 4.09. The molecule has 172 valence electrons. The molecule has 1 aromatic rings. The maximum absolute atomic E-state index is 12.7. The van der Waals surface area contributed by atoms with Crippen LogP contribution in [0.3, 0.4) is 0 Å². The molecule has 0 fully saturated rings. The van der Waals surface area contributed by atoms with Crippen LogP contribution in [0, 0.1) is 5.92 Å². The molecule has 2 amide bonds. The first kappa shape index (κ1) is 25.9. The molecule has 0 saturated heterocycles. The number of amides is 2. The van der Waals surface area contributed by atoms with Crippen LogP contribution in [0.5, 0.6) is 0 Å². The van der Waals surface area contributed by atoms with Gasteiger partial charge >= 0.3 is 18.1 Å². The number of alkyl halides is 3. The molecule has 3 atom stereocenters. The first-order chi connectivity index (χ1) is 14.4. The molecule has 31 heavy (non-hydrogen) atoms. The molecular formula is C19H23F3N2O7. The van der Waals surface area contributed by atoms with E-state index in [1.54, 1.807) is 0 Å². The van der Waals surface area contributed by atoms with Gasteiger partial charge in [-0.1, -0.05) is 12.1 Å². The van der Waals surface area contributed by atoms with Gasteiger partial charge in [0, 0.05) is 0 Å². The van der Waals surface area contributed by atoms with Crippen molar-refractivity contribution in [2.75, 3.05) is 13.2 Å². The van der Waals surface area contributed by atoms with E-state index in [1.807, 2.05) is 0 Å². The van der Waals surface area contributed by atoms with E-state index in [9.17, 15) is 37.5 Å². The fourth-order valence-corrected chi connectivity index (χ4v) is 2.59. The number of carbonyl (C=O) groups is 4. The van der Waals surface area contributed by atoms with Crippen molar-refractivity contribution >= 4 is 23.8 Å². The van der Waals surface area contributed by atoms with Crippen molar-refractivity contribution in [1.82, 2.24) is 5.32 Å². The Bertz CT molecular complexity index is 797. The molecule has 0 aliphatic rings. The number of nitrogens with one attached hydrogen (secondary N) is 1. The van der Waals surface area contributed by atoms with Gasteiger partial charge in [0.1, 0.15) is 6.04 Å². The lowest BCUT2D eigenvalue weighted by Gasteiger charge is -2.24. The molecule has 0 saturated carbocycles. The van der Waals surface area contributed by atoms with Crippen LogP contribution in [0.4, 0.5) is 13.2 Å². The Hall–Kier alpha value is -3.15. The highest BCUT2D eigenvalue weighted by Gasteiger charge is 2.38. The Morgan fingerprint density at radius 3 is 2.06 bits per heavy atom. The maximum Gasteiger partial charge on any atom is 0.416 e. The van der Waals surface area contributed by atoms with Crippen molar-refractivity contribution in [3.8, 4) is 0 Å². The number of aliphatic hydroxyl groups excluding tert-OH is 1. The summed E-state index contributed by atoms with van der Waals surface area (Å²) in [5.74, 6) is -5.83. The van der Waals surface area contributed by atoms with Crippen molar-refractivity contribution < 1.29 is 46.9 Å². The molecule has 1 aromatic carbocycles. The number of esters is 2. The van der Waals surface area contributed by atoms with Crippen LogP contribution < -0.4 is 11.1 Å². The number of carbonyl (C=O) groups excluding carboxylic acids is 4. The summed E-state index contributed by atoms with van der Waals surface area (Å²) in [6.45, 7) is 2.90. The average molecular weight is 448 g/mol. The van der Waals surface area contributed by atoms with Gasteiger partial charge in [-0.3, -0.25) is 19.2 Å². The molecule has 9 nitrogen and oxygen atoms in total. The quantitative estimate of drug-likeness (QED) is 0.450. The molecule has 12 heteroatoms. The number of ether oxygens (including phenoxy) is 2. The Kier molecular flexibility index (Phi) is 9.43. The van der Waals surface area contributed by atoms with E-state index in [0.717, 1.165) is 12.1 Å². The van der Waals surface area contributed by atoms with Gasteiger partial charge in [0.05, 0.1) is 31.1 Å². The van der Waals surface area contributed by atoms with Gasteiger partial charge in [0.25, 0.3) is 5.91 Å². The highest BCUT2D eigenvalue weighted by molar-refractivity contribution is 5.94. The predicted octanol–water partition coefficient (Wildman–Crippen LogP) is 0.841. The molecule has 4 N–H and O–H groups in total. The number of nitrogens with two attached hydrogens (primary N) is 1. The monoisotopic (exact) mass is 448 g/mol. The first-order valence-electron chi connectivity index (χ1n) is 9.19. The minimum Gasteiger partial charge on any atom is -0.466 e. The number of rotatable bonds is 10. The second-order valence-electron chi connectivity index (χ2n) is 6.28. The molecule has 0 aliphatic heterocycles. The number of hydrogen-bond donors (Lipinski definition) is 3. The van der Waals surface area contributed by atoms with Gasteiger partial charge in [0.15, 0.2) is 6.10 Å². The third kappa shape index (κ3) is 7.55. The van der Waals surface area contributed by atoms with Crippen LogP contribution >= 0.6 is 0 Å². The molecule has 0 spiro atoms. The lowest BCUT2D eigenvalue weighted by atomic mass is 9.94. The molecule has 0 radical (unpaired) electrons. The van der Waals surface area contributed by atoms with Crippen molar-refractivity contribution in [1.29, 1.82) is 0 Å². The van der Waals surface area contributed by atoms with Crippen LogP contribution in [0.25, 0.3) is 0 Å².